The van der Waals surface area contributed by atoms with Gasteiger partial charge in [0.2, 0.25) is 0 Å². The Hall–Kier alpha value is -0.670. The summed E-state index contributed by atoms with van der Waals surface area (Å²) in [5.41, 5.74) is 0. The monoisotopic (exact) mass is 152 g/mol. The van der Waals surface area contributed by atoms with Crippen LogP contribution in [-0.2, 0) is 9.53 Å². The van der Waals surface area contributed by atoms with Crippen molar-refractivity contribution in [3.63, 3.8) is 0 Å². The Labute approximate surface area is 58.2 Å². The molecule has 10 heavy (non-hydrogen) atoms. The number of hydrogen-bond donors (Lipinski definition) is 0. The lowest BCUT2D eigenvalue weighted by Crippen LogP contribution is -2.29. The maximum Gasteiger partial charge on any atom is 0.376 e. The van der Waals surface area contributed by atoms with Crippen molar-refractivity contribution in [2.24, 2.45) is 0 Å². The minimum atomic E-state index is -3.30. The molecule has 0 fully saturated rings. The zero-order chi connectivity index (χ0) is 8.20. The Morgan fingerprint density at radius 3 is 2.40 bits per heavy atom. The largest absolute Gasteiger partial charge is 0.465 e. The van der Waals surface area contributed by atoms with E-state index >= 15 is 0 Å². The van der Waals surface area contributed by atoms with Crippen LogP contribution >= 0.6 is 0 Å². The molecule has 0 spiro atoms. The molecule has 0 atom stereocenters. The summed E-state index contributed by atoms with van der Waals surface area (Å²) in [5, 5.41) is 0. The number of carbonyl (C=O) groups excluding carboxylic acids is 1. The number of carbonyl (C=O) groups is 1. The van der Waals surface area contributed by atoms with Crippen molar-refractivity contribution in [3.8, 4) is 0 Å². The van der Waals surface area contributed by atoms with Gasteiger partial charge >= 0.3 is 11.9 Å². The fourth-order valence-corrected chi connectivity index (χ4v) is 0.565. The van der Waals surface area contributed by atoms with Crippen LogP contribution in [0.1, 0.15) is 19.8 Å². The van der Waals surface area contributed by atoms with Crippen LogP contribution in [0.4, 0.5) is 8.78 Å². The zero-order valence-electron chi connectivity index (χ0n) is 5.99. The number of ether oxygens (including phenoxy) is 1. The zero-order valence-corrected chi connectivity index (χ0v) is 5.99. The molecule has 0 heterocycles. The van der Waals surface area contributed by atoms with Gasteiger partial charge < -0.3 is 4.74 Å². The number of rotatable bonds is 3. The third-order valence-corrected chi connectivity index (χ3v) is 1.05. The maximum atomic E-state index is 12.3. The second-order valence-electron chi connectivity index (χ2n) is 1.95. The Morgan fingerprint density at radius 2 is 2.10 bits per heavy atom. The Morgan fingerprint density at radius 1 is 1.60 bits per heavy atom. The van der Waals surface area contributed by atoms with Crippen LogP contribution in [0.2, 0.25) is 0 Å². The molecule has 2 nitrogen and oxygen atoms in total. The number of halogens is 2. The highest BCUT2D eigenvalue weighted by molar-refractivity contribution is 5.77. The van der Waals surface area contributed by atoms with E-state index in [9.17, 15) is 13.6 Å². The molecular weight excluding hydrogens is 142 g/mol. The maximum absolute atomic E-state index is 12.3. The minimum absolute atomic E-state index is 0.266. The normalized spacial score (nSPS) is 11.2. The molecular formula is C6H10F2O2. The molecule has 0 radical (unpaired) electrons. The van der Waals surface area contributed by atoms with E-state index in [1.165, 1.54) is 0 Å². The molecule has 0 saturated carbocycles. The van der Waals surface area contributed by atoms with Crippen LogP contribution in [-0.4, -0.2) is 19.0 Å². The molecule has 0 aliphatic carbocycles. The predicted octanol–water partition coefficient (Wildman–Crippen LogP) is 1.59. The molecule has 60 valence electrons. The molecule has 0 amide bonds. The SMILES string of the molecule is CCCC(F)(F)C(=O)OC. The molecule has 0 saturated heterocycles. The van der Waals surface area contributed by atoms with E-state index in [1.807, 2.05) is 0 Å². The Bertz CT molecular complexity index is 123. The Balaban J connectivity index is 3.96. The highest BCUT2D eigenvalue weighted by Gasteiger charge is 2.38. The van der Waals surface area contributed by atoms with Gasteiger partial charge in [0.25, 0.3) is 0 Å². The Kier molecular flexibility index (Phi) is 3.25. The fraction of sp³-hybridized carbons (Fsp3) is 0.833. The first kappa shape index (κ1) is 9.33. The smallest absolute Gasteiger partial charge is 0.376 e. The van der Waals surface area contributed by atoms with Gasteiger partial charge in [-0.2, -0.15) is 8.78 Å². The minimum Gasteiger partial charge on any atom is -0.465 e. The fourth-order valence-electron chi connectivity index (χ4n) is 0.565. The van der Waals surface area contributed by atoms with Gasteiger partial charge in [-0.05, 0) is 6.42 Å². The lowest BCUT2D eigenvalue weighted by atomic mass is 10.2. The van der Waals surface area contributed by atoms with Gasteiger partial charge in [-0.15, -0.1) is 0 Å². The van der Waals surface area contributed by atoms with Gasteiger partial charge in [-0.1, -0.05) is 6.92 Å². The van der Waals surface area contributed by atoms with Gasteiger partial charge in [0.1, 0.15) is 0 Å². The van der Waals surface area contributed by atoms with Crippen molar-refractivity contribution in [1.29, 1.82) is 0 Å². The molecule has 0 unspecified atom stereocenters. The van der Waals surface area contributed by atoms with Crippen LogP contribution in [0.3, 0.4) is 0 Å². The first-order chi connectivity index (χ1) is 4.54. The van der Waals surface area contributed by atoms with Crippen molar-refractivity contribution in [2.45, 2.75) is 25.7 Å². The standard InChI is InChI=1S/C6H10F2O2/c1-3-4-6(7,8)5(9)10-2/h3-4H2,1-2H3. The van der Waals surface area contributed by atoms with Gasteiger partial charge in [0.05, 0.1) is 7.11 Å². The summed E-state index contributed by atoms with van der Waals surface area (Å²) in [4.78, 5) is 10.3. The summed E-state index contributed by atoms with van der Waals surface area (Å²) < 4.78 is 28.6. The second-order valence-corrected chi connectivity index (χ2v) is 1.95. The highest BCUT2D eigenvalue weighted by atomic mass is 19.3. The van der Waals surface area contributed by atoms with E-state index in [0.29, 0.717) is 0 Å². The average molecular weight is 152 g/mol. The van der Waals surface area contributed by atoms with Gasteiger partial charge in [0.15, 0.2) is 0 Å². The van der Waals surface area contributed by atoms with Crippen molar-refractivity contribution >= 4 is 5.97 Å². The summed E-state index contributed by atoms with van der Waals surface area (Å²) in [6.45, 7) is 1.58. The number of alkyl halides is 2. The summed E-state index contributed by atoms with van der Waals surface area (Å²) in [7, 11) is 0.950. The molecule has 0 aromatic carbocycles. The van der Waals surface area contributed by atoms with Crippen molar-refractivity contribution in [3.05, 3.63) is 0 Å². The van der Waals surface area contributed by atoms with Crippen LogP contribution in [0.5, 0.6) is 0 Å². The molecule has 4 heteroatoms. The molecule has 0 aliphatic heterocycles. The van der Waals surface area contributed by atoms with E-state index in [2.05, 4.69) is 4.74 Å². The summed E-state index contributed by atoms with van der Waals surface area (Å²) >= 11 is 0. The van der Waals surface area contributed by atoms with Gasteiger partial charge in [-0.3, -0.25) is 0 Å². The number of hydrogen-bond acceptors (Lipinski definition) is 2. The first-order valence-corrected chi connectivity index (χ1v) is 3.01. The second kappa shape index (κ2) is 3.49. The number of methoxy groups -OCH3 is 1. The quantitative estimate of drug-likeness (QED) is 0.574. The van der Waals surface area contributed by atoms with E-state index < -0.39 is 18.3 Å². The summed E-state index contributed by atoms with van der Waals surface area (Å²) in [6, 6.07) is 0. The molecule has 0 bridgehead atoms. The molecule has 0 aliphatic rings. The molecule has 0 aromatic rings. The van der Waals surface area contributed by atoms with Gasteiger partial charge in [0, 0.05) is 6.42 Å². The first-order valence-electron chi connectivity index (χ1n) is 3.01. The average Bonchev–Trinajstić information content (AvgIpc) is 1.86. The third kappa shape index (κ3) is 2.29. The van der Waals surface area contributed by atoms with Crippen molar-refractivity contribution in [1.82, 2.24) is 0 Å². The van der Waals surface area contributed by atoms with E-state index in [4.69, 9.17) is 0 Å². The predicted molar refractivity (Wildman–Crippen MR) is 31.9 cm³/mol. The lowest BCUT2D eigenvalue weighted by Gasteiger charge is -2.10. The molecule has 0 aromatic heterocycles. The van der Waals surface area contributed by atoms with Crippen LogP contribution < -0.4 is 0 Å². The topological polar surface area (TPSA) is 26.3 Å². The van der Waals surface area contributed by atoms with Crippen LogP contribution in [0, 0.1) is 0 Å². The van der Waals surface area contributed by atoms with Crippen molar-refractivity contribution in [2.75, 3.05) is 7.11 Å². The number of esters is 1. The highest BCUT2D eigenvalue weighted by Crippen LogP contribution is 2.21. The van der Waals surface area contributed by atoms with E-state index in [-0.39, 0.29) is 6.42 Å². The molecule has 0 N–H and O–H groups in total. The van der Waals surface area contributed by atoms with E-state index in [0.717, 1.165) is 7.11 Å². The van der Waals surface area contributed by atoms with Gasteiger partial charge in [-0.25, -0.2) is 4.79 Å². The third-order valence-electron chi connectivity index (χ3n) is 1.05. The van der Waals surface area contributed by atoms with Crippen LogP contribution in [0.15, 0.2) is 0 Å². The molecule has 0 rings (SSSR count). The van der Waals surface area contributed by atoms with E-state index in [1.54, 1.807) is 6.92 Å². The lowest BCUT2D eigenvalue weighted by molar-refractivity contribution is -0.169. The van der Waals surface area contributed by atoms with Crippen molar-refractivity contribution < 1.29 is 18.3 Å². The summed E-state index contributed by atoms with van der Waals surface area (Å²) in [5.74, 6) is -4.75. The van der Waals surface area contributed by atoms with Crippen LogP contribution in [0.25, 0.3) is 0 Å². The summed E-state index contributed by atoms with van der Waals surface area (Å²) in [6.07, 6.45) is -0.179.